The molecule has 2 N–H and O–H groups in total. The van der Waals surface area contributed by atoms with Crippen LogP contribution in [0.15, 0.2) is 73.3 Å². The monoisotopic (exact) mass is 527 g/mol. The van der Waals surface area contributed by atoms with Crippen molar-refractivity contribution in [2.75, 3.05) is 32.0 Å². The van der Waals surface area contributed by atoms with E-state index in [2.05, 4.69) is 20.3 Å². The zero-order valence-corrected chi connectivity index (χ0v) is 20.3. The summed E-state index contributed by atoms with van der Waals surface area (Å²) in [6, 6.07) is 17.5. The Morgan fingerprint density at radius 1 is 1.06 bits per heavy atom. The SMILES string of the molecule is C[N+]1(CC(=O)Nc2ncncn2)CC[C@@H](OC(=O)C(O)(c2ccccc2)c2ccccc2)C1.[Br-]. The number of amides is 1. The molecule has 0 saturated carbocycles. The average Bonchev–Trinajstić information content (AvgIpc) is 3.19. The van der Waals surface area contributed by atoms with Crippen LogP contribution in [0.4, 0.5) is 5.95 Å². The smallest absolute Gasteiger partial charge is 0.348 e. The van der Waals surface area contributed by atoms with Crippen molar-refractivity contribution < 1.29 is 40.9 Å². The number of anilines is 1. The predicted molar refractivity (Wildman–Crippen MR) is 120 cm³/mol. The van der Waals surface area contributed by atoms with E-state index in [4.69, 9.17) is 4.74 Å². The van der Waals surface area contributed by atoms with Crippen LogP contribution in [0.3, 0.4) is 0 Å². The van der Waals surface area contributed by atoms with Crippen molar-refractivity contribution in [1.82, 2.24) is 15.0 Å². The largest absolute Gasteiger partial charge is 1.00 e. The second-order valence-electron chi connectivity index (χ2n) is 8.45. The van der Waals surface area contributed by atoms with Crippen LogP contribution in [0.25, 0.3) is 0 Å². The van der Waals surface area contributed by atoms with E-state index in [1.165, 1.54) is 12.7 Å². The molecule has 1 aromatic heterocycles. The molecule has 1 unspecified atom stereocenters. The summed E-state index contributed by atoms with van der Waals surface area (Å²) in [7, 11) is 1.93. The Morgan fingerprint density at radius 3 is 2.18 bits per heavy atom. The highest BCUT2D eigenvalue weighted by molar-refractivity contribution is 5.89. The molecule has 1 saturated heterocycles. The molecule has 0 bridgehead atoms. The summed E-state index contributed by atoms with van der Waals surface area (Å²) in [5, 5.41) is 14.2. The van der Waals surface area contributed by atoms with Crippen LogP contribution >= 0.6 is 0 Å². The van der Waals surface area contributed by atoms with Gasteiger partial charge in [-0.2, -0.15) is 0 Å². The fourth-order valence-electron chi connectivity index (χ4n) is 4.18. The Kier molecular flexibility index (Phi) is 8.08. The van der Waals surface area contributed by atoms with Gasteiger partial charge in [-0.25, -0.2) is 19.7 Å². The Balaban J connectivity index is 0.00000324. The van der Waals surface area contributed by atoms with Crippen molar-refractivity contribution >= 4 is 17.8 Å². The summed E-state index contributed by atoms with van der Waals surface area (Å²) in [6.45, 7) is 1.29. The Morgan fingerprint density at radius 2 is 1.62 bits per heavy atom. The molecule has 2 aromatic carbocycles. The molecule has 1 aliphatic rings. The van der Waals surface area contributed by atoms with Crippen LogP contribution in [0, 0.1) is 0 Å². The van der Waals surface area contributed by atoms with Crippen LogP contribution in [-0.4, -0.2) is 69.2 Å². The van der Waals surface area contributed by atoms with E-state index in [0.29, 0.717) is 35.1 Å². The number of aromatic nitrogens is 3. The number of rotatable bonds is 7. The van der Waals surface area contributed by atoms with Crippen molar-refractivity contribution in [3.63, 3.8) is 0 Å². The maximum Gasteiger partial charge on any atom is 0.348 e. The molecular formula is C24H26BrN5O4. The summed E-state index contributed by atoms with van der Waals surface area (Å²) < 4.78 is 6.20. The third-order valence-corrected chi connectivity index (χ3v) is 5.86. The Bertz CT molecular complexity index is 1060. The first-order valence-corrected chi connectivity index (χ1v) is 10.7. The number of likely N-dealkylation sites (N-methyl/N-ethyl adjacent to an activating group) is 1. The van der Waals surface area contributed by atoms with Gasteiger partial charge in [0, 0.05) is 6.42 Å². The van der Waals surface area contributed by atoms with Gasteiger partial charge in [0.1, 0.15) is 19.2 Å². The molecular weight excluding hydrogens is 502 g/mol. The van der Waals surface area contributed by atoms with Gasteiger partial charge < -0.3 is 31.3 Å². The van der Waals surface area contributed by atoms with Crippen LogP contribution in [0.2, 0.25) is 0 Å². The fourth-order valence-corrected chi connectivity index (χ4v) is 4.18. The maximum absolute atomic E-state index is 13.3. The van der Waals surface area contributed by atoms with Crippen LogP contribution in [0.5, 0.6) is 0 Å². The maximum atomic E-state index is 13.3. The van der Waals surface area contributed by atoms with E-state index in [9.17, 15) is 14.7 Å². The molecule has 1 amide bonds. The van der Waals surface area contributed by atoms with E-state index in [-0.39, 0.29) is 35.4 Å². The predicted octanol–water partition coefficient (Wildman–Crippen LogP) is -1.49. The average molecular weight is 528 g/mol. The standard InChI is InChI=1S/C24H25N5O4.BrH/c1-29(15-21(30)28-23-26-16-25-17-27-23)13-12-20(14-29)33-22(31)24(32,18-8-4-2-5-9-18)19-10-6-3-7-11-19;/h2-11,16-17,20,32H,12-15H2,1H3;1H/t20-,29?;/m1./s1. The van der Waals surface area contributed by atoms with Gasteiger partial charge in [-0.3, -0.25) is 10.1 Å². The number of quaternary nitrogens is 1. The van der Waals surface area contributed by atoms with Crippen molar-refractivity contribution in [2.24, 2.45) is 0 Å². The molecule has 0 spiro atoms. The second-order valence-corrected chi connectivity index (χ2v) is 8.45. The minimum atomic E-state index is -1.93. The number of ether oxygens (including phenoxy) is 1. The number of carbonyl (C=O) groups is 2. The topological polar surface area (TPSA) is 114 Å². The summed E-state index contributed by atoms with van der Waals surface area (Å²) >= 11 is 0. The second kappa shape index (κ2) is 10.8. The number of aliphatic hydroxyl groups is 1. The highest BCUT2D eigenvalue weighted by atomic mass is 79.9. The highest BCUT2D eigenvalue weighted by Gasteiger charge is 2.45. The van der Waals surface area contributed by atoms with Crippen molar-refractivity contribution in [1.29, 1.82) is 0 Å². The lowest BCUT2D eigenvalue weighted by atomic mass is 9.86. The lowest BCUT2D eigenvalue weighted by Gasteiger charge is -2.30. The molecule has 1 fully saturated rings. The van der Waals surface area contributed by atoms with Crippen molar-refractivity contribution in [3.05, 3.63) is 84.4 Å². The van der Waals surface area contributed by atoms with Crippen molar-refractivity contribution in [3.8, 4) is 0 Å². The third-order valence-electron chi connectivity index (χ3n) is 5.86. The lowest BCUT2D eigenvalue weighted by molar-refractivity contribution is -0.890. The van der Waals surface area contributed by atoms with Gasteiger partial charge >= 0.3 is 5.97 Å². The van der Waals surface area contributed by atoms with E-state index >= 15 is 0 Å². The number of carbonyl (C=O) groups excluding carboxylic acids is 2. The zero-order chi connectivity index (χ0) is 23.3. The van der Waals surface area contributed by atoms with Gasteiger partial charge in [-0.05, 0) is 11.1 Å². The first kappa shape index (κ1) is 25.4. The van der Waals surface area contributed by atoms with E-state index < -0.39 is 17.7 Å². The number of nitrogens with zero attached hydrogens (tertiary/aromatic N) is 4. The summed E-state index contributed by atoms with van der Waals surface area (Å²) in [5.41, 5.74) is -1.05. The number of halogens is 1. The molecule has 178 valence electrons. The molecule has 4 rings (SSSR count). The molecule has 9 nitrogen and oxygen atoms in total. The lowest BCUT2D eigenvalue weighted by Crippen LogP contribution is -3.00. The Hall–Kier alpha value is -3.21. The number of hydrogen-bond acceptors (Lipinski definition) is 7. The van der Waals surface area contributed by atoms with Crippen molar-refractivity contribution in [2.45, 2.75) is 18.1 Å². The number of likely N-dealkylation sites (tertiary alicyclic amines) is 1. The van der Waals surface area contributed by atoms with Gasteiger partial charge in [-0.1, -0.05) is 60.7 Å². The molecule has 1 aliphatic heterocycles. The molecule has 2 heterocycles. The van der Waals surface area contributed by atoms with Crippen LogP contribution in [0.1, 0.15) is 17.5 Å². The molecule has 3 aromatic rings. The molecule has 0 radical (unpaired) electrons. The minimum absolute atomic E-state index is 0. The van der Waals surface area contributed by atoms with E-state index in [1.807, 2.05) is 19.2 Å². The molecule has 2 atom stereocenters. The summed E-state index contributed by atoms with van der Waals surface area (Å²) in [5.74, 6) is -0.770. The number of benzene rings is 2. The molecule has 10 heteroatoms. The Labute approximate surface area is 208 Å². The van der Waals surface area contributed by atoms with Crippen LogP contribution < -0.4 is 22.3 Å². The quantitative estimate of drug-likeness (QED) is 0.284. The summed E-state index contributed by atoms with van der Waals surface area (Å²) in [6.07, 6.45) is 2.78. The molecule has 0 aliphatic carbocycles. The van der Waals surface area contributed by atoms with Gasteiger partial charge in [0.15, 0.2) is 12.6 Å². The molecule has 34 heavy (non-hydrogen) atoms. The number of esters is 1. The summed E-state index contributed by atoms with van der Waals surface area (Å²) in [4.78, 5) is 37.3. The first-order chi connectivity index (χ1) is 15.9. The normalized spacial score (nSPS) is 19.6. The van der Waals surface area contributed by atoms with Crippen LogP contribution in [-0.2, 0) is 19.9 Å². The fraction of sp³-hybridized carbons (Fsp3) is 0.292. The van der Waals surface area contributed by atoms with Gasteiger partial charge in [-0.15, -0.1) is 0 Å². The minimum Gasteiger partial charge on any atom is -1.00 e. The van der Waals surface area contributed by atoms with E-state index in [1.54, 1.807) is 48.5 Å². The van der Waals surface area contributed by atoms with Gasteiger partial charge in [0.05, 0.1) is 13.6 Å². The van der Waals surface area contributed by atoms with Gasteiger partial charge in [0.2, 0.25) is 11.5 Å². The third kappa shape index (κ3) is 5.64. The first-order valence-electron chi connectivity index (χ1n) is 10.7. The van der Waals surface area contributed by atoms with E-state index in [0.717, 1.165) is 0 Å². The highest BCUT2D eigenvalue weighted by Crippen LogP contribution is 2.32. The zero-order valence-electron chi connectivity index (χ0n) is 18.7. The van der Waals surface area contributed by atoms with Gasteiger partial charge in [0.25, 0.3) is 5.91 Å². The number of nitrogens with one attached hydrogen (secondary N) is 1. The number of hydrogen-bond donors (Lipinski definition) is 2.